The van der Waals surface area contributed by atoms with Crippen molar-refractivity contribution in [3.05, 3.63) is 35.6 Å². The predicted molar refractivity (Wildman–Crippen MR) is 76.6 cm³/mol. The minimum absolute atomic E-state index is 0.0585. The SMILES string of the molecule is CC1NC(c2cccc(F)c2)N(C(C)CN(C)C)C1=O. The van der Waals surface area contributed by atoms with Crippen LogP contribution in [0.15, 0.2) is 24.3 Å². The molecule has 1 aromatic carbocycles. The highest BCUT2D eigenvalue weighted by molar-refractivity contribution is 5.84. The molecule has 0 saturated carbocycles. The molecular weight excluding hydrogens is 257 g/mol. The lowest BCUT2D eigenvalue weighted by Crippen LogP contribution is -2.43. The molecule has 1 aromatic rings. The van der Waals surface area contributed by atoms with Crippen LogP contribution in [0.2, 0.25) is 0 Å². The number of nitrogens with zero attached hydrogens (tertiary/aromatic N) is 2. The summed E-state index contributed by atoms with van der Waals surface area (Å²) in [5, 5.41) is 3.24. The highest BCUT2D eigenvalue weighted by Crippen LogP contribution is 2.28. The lowest BCUT2D eigenvalue weighted by Gasteiger charge is -2.32. The van der Waals surface area contributed by atoms with Crippen LogP contribution < -0.4 is 5.32 Å². The maximum absolute atomic E-state index is 13.4. The van der Waals surface area contributed by atoms with Crippen molar-refractivity contribution in [2.75, 3.05) is 20.6 Å². The predicted octanol–water partition coefficient (Wildman–Crippen LogP) is 1.59. The second kappa shape index (κ2) is 5.89. The second-order valence-corrected chi connectivity index (χ2v) is 5.70. The van der Waals surface area contributed by atoms with Gasteiger partial charge < -0.3 is 9.80 Å². The van der Waals surface area contributed by atoms with E-state index in [0.29, 0.717) is 0 Å². The van der Waals surface area contributed by atoms with Gasteiger partial charge in [-0.15, -0.1) is 0 Å². The Balaban J connectivity index is 2.28. The third-order valence-corrected chi connectivity index (χ3v) is 3.58. The van der Waals surface area contributed by atoms with Crippen molar-refractivity contribution in [2.45, 2.75) is 32.1 Å². The van der Waals surface area contributed by atoms with Crippen LogP contribution in [-0.4, -0.2) is 48.4 Å². The third-order valence-electron chi connectivity index (χ3n) is 3.58. The van der Waals surface area contributed by atoms with Gasteiger partial charge in [-0.05, 0) is 45.6 Å². The quantitative estimate of drug-likeness (QED) is 0.909. The van der Waals surface area contributed by atoms with Crippen molar-refractivity contribution in [2.24, 2.45) is 0 Å². The Morgan fingerprint density at radius 1 is 1.45 bits per heavy atom. The first kappa shape index (κ1) is 14.9. The zero-order chi connectivity index (χ0) is 14.9. The highest BCUT2D eigenvalue weighted by atomic mass is 19.1. The van der Waals surface area contributed by atoms with Crippen molar-refractivity contribution >= 4 is 5.91 Å². The van der Waals surface area contributed by atoms with Gasteiger partial charge in [0, 0.05) is 12.6 Å². The molecule has 20 heavy (non-hydrogen) atoms. The number of rotatable bonds is 4. The summed E-state index contributed by atoms with van der Waals surface area (Å²) in [7, 11) is 3.95. The normalized spacial score (nSPS) is 24.5. The first-order valence-corrected chi connectivity index (χ1v) is 6.88. The summed E-state index contributed by atoms with van der Waals surface area (Å²) < 4.78 is 13.4. The van der Waals surface area contributed by atoms with Gasteiger partial charge in [-0.2, -0.15) is 0 Å². The number of hydrogen-bond acceptors (Lipinski definition) is 3. The number of halogens is 1. The van der Waals surface area contributed by atoms with Gasteiger partial charge >= 0.3 is 0 Å². The second-order valence-electron chi connectivity index (χ2n) is 5.70. The zero-order valence-corrected chi connectivity index (χ0v) is 12.4. The summed E-state index contributed by atoms with van der Waals surface area (Å²) in [6.07, 6.45) is -0.261. The lowest BCUT2D eigenvalue weighted by molar-refractivity contribution is -0.132. The van der Waals surface area contributed by atoms with Crippen LogP contribution in [0.25, 0.3) is 0 Å². The first-order valence-electron chi connectivity index (χ1n) is 6.88. The number of hydrogen-bond donors (Lipinski definition) is 1. The van der Waals surface area contributed by atoms with Gasteiger partial charge in [-0.25, -0.2) is 4.39 Å². The first-order chi connectivity index (χ1) is 9.40. The fraction of sp³-hybridized carbons (Fsp3) is 0.533. The van der Waals surface area contributed by atoms with Crippen LogP contribution in [0.3, 0.4) is 0 Å². The molecule has 1 aliphatic heterocycles. The van der Waals surface area contributed by atoms with E-state index in [1.807, 2.05) is 43.8 Å². The standard InChI is InChI=1S/C15H22FN3O/c1-10(9-18(3)4)19-14(17-11(2)15(19)20)12-6-5-7-13(16)8-12/h5-8,10-11,14,17H,9H2,1-4H3. The van der Waals surface area contributed by atoms with Crippen molar-refractivity contribution in [1.82, 2.24) is 15.1 Å². The van der Waals surface area contributed by atoms with Crippen LogP contribution in [0.5, 0.6) is 0 Å². The molecule has 1 amide bonds. The fourth-order valence-electron chi connectivity index (χ4n) is 2.76. The van der Waals surface area contributed by atoms with Gasteiger partial charge in [0.05, 0.1) is 6.04 Å². The summed E-state index contributed by atoms with van der Waals surface area (Å²) in [5.74, 6) is -0.217. The molecule has 5 heteroatoms. The molecule has 0 aromatic heterocycles. The van der Waals surface area contributed by atoms with E-state index >= 15 is 0 Å². The van der Waals surface area contributed by atoms with E-state index in [1.54, 1.807) is 6.07 Å². The molecule has 0 bridgehead atoms. The summed E-state index contributed by atoms with van der Waals surface area (Å²) in [5.41, 5.74) is 0.785. The molecule has 0 spiro atoms. The topological polar surface area (TPSA) is 35.6 Å². The summed E-state index contributed by atoms with van der Waals surface area (Å²) in [6.45, 7) is 4.63. The Labute approximate surface area is 119 Å². The van der Waals surface area contributed by atoms with Gasteiger partial charge in [0.2, 0.25) is 5.91 Å². The van der Waals surface area contributed by atoms with Gasteiger partial charge in [-0.3, -0.25) is 10.1 Å². The summed E-state index contributed by atoms with van der Waals surface area (Å²) >= 11 is 0. The Bertz CT molecular complexity index is 492. The number of benzene rings is 1. The molecule has 4 nitrogen and oxygen atoms in total. The van der Waals surface area contributed by atoms with E-state index in [2.05, 4.69) is 5.32 Å². The number of likely N-dealkylation sites (N-methyl/N-ethyl adjacent to an activating group) is 1. The summed E-state index contributed by atoms with van der Waals surface area (Å²) in [4.78, 5) is 16.2. The Morgan fingerprint density at radius 2 is 2.15 bits per heavy atom. The molecule has 0 aliphatic carbocycles. The Kier molecular flexibility index (Phi) is 4.40. The monoisotopic (exact) mass is 279 g/mol. The third kappa shape index (κ3) is 2.99. The number of amides is 1. The van der Waals surface area contributed by atoms with Crippen LogP contribution in [-0.2, 0) is 4.79 Å². The molecule has 3 unspecified atom stereocenters. The van der Waals surface area contributed by atoms with E-state index in [-0.39, 0.29) is 30.0 Å². The molecule has 1 saturated heterocycles. The molecule has 110 valence electrons. The number of carbonyl (C=O) groups is 1. The van der Waals surface area contributed by atoms with E-state index < -0.39 is 0 Å². The molecule has 1 fully saturated rings. The fourth-order valence-corrected chi connectivity index (χ4v) is 2.76. The number of nitrogens with one attached hydrogen (secondary N) is 1. The Morgan fingerprint density at radius 3 is 2.75 bits per heavy atom. The average molecular weight is 279 g/mol. The minimum Gasteiger partial charge on any atom is -0.318 e. The van der Waals surface area contributed by atoms with E-state index in [0.717, 1.165) is 12.1 Å². The molecule has 2 rings (SSSR count). The van der Waals surface area contributed by atoms with Crippen molar-refractivity contribution in [3.8, 4) is 0 Å². The van der Waals surface area contributed by atoms with E-state index in [9.17, 15) is 9.18 Å². The largest absolute Gasteiger partial charge is 0.318 e. The maximum atomic E-state index is 13.4. The molecule has 1 heterocycles. The highest BCUT2D eigenvalue weighted by Gasteiger charge is 2.39. The van der Waals surface area contributed by atoms with Crippen LogP contribution in [0, 0.1) is 5.82 Å². The number of carbonyl (C=O) groups excluding carboxylic acids is 1. The van der Waals surface area contributed by atoms with E-state index in [1.165, 1.54) is 12.1 Å². The zero-order valence-electron chi connectivity index (χ0n) is 12.4. The Hall–Kier alpha value is -1.46. The molecular formula is C15H22FN3O. The van der Waals surface area contributed by atoms with E-state index in [4.69, 9.17) is 0 Å². The average Bonchev–Trinajstić information content (AvgIpc) is 2.65. The minimum atomic E-state index is -0.281. The van der Waals surface area contributed by atoms with Crippen molar-refractivity contribution < 1.29 is 9.18 Å². The molecule has 3 atom stereocenters. The van der Waals surface area contributed by atoms with Gasteiger partial charge in [0.25, 0.3) is 0 Å². The van der Waals surface area contributed by atoms with Crippen molar-refractivity contribution in [1.29, 1.82) is 0 Å². The maximum Gasteiger partial charge on any atom is 0.241 e. The summed E-state index contributed by atoms with van der Waals surface area (Å²) in [6, 6.07) is 6.24. The smallest absolute Gasteiger partial charge is 0.241 e. The van der Waals surface area contributed by atoms with Crippen LogP contribution in [0.4, 0.5) is 4.39 Å². The van der Waals surface area contributed by atoms with Gasteiger partial charge in [-0.1, -0.05) is 12.1 Å². The molecule has 0 radical (unpaired) electrons. The van der Waals surface area contributed by atoms with Crippen LogP contribution >= 0.6 is 0 Å². The molecule has 1 N–H and O–H groups in total. The van der Waals surface area contributed by atoms with Gasteiger partial charge in [0.1, 0.15) is 12.0 Å². The van der Waals surface area contributed by atoms with Crippen LogP contribution in [0.1, 0.15) is 25.6 Å². The molecule has 1 aliphatic rings. The lowest BCUT2D eigenvalue weighted by atomic mass is 10.1. The van der Waals surface area contributed by atoms with Gasteiger partial charge in [0.15, 0.2) is 0 Å². The van der Waals surface area contributed by atoms with Crippen molar-refractivity contribution in [3.63, 3.8) is 0 Å².